The molecule has 1 aromatic carbocycles. The lowest BCUT2D eigenvalue weighted by molar-refractivity contribution is -0.130. The van der Waals surface area contributed by atoms with Crippen molar-refractivity contribution in [1.29, 1.82) is 0 Å². The van der Waals surface area contributed by atoms with Gasteiger partial charge >= 0.3 is 6.03 Å². The second-order valence-electron chi connectivity index (χ2n) is 6.19. The summed E-state index contributed by atoms with van der Waals surface area (Å²) in [5.74, 6) is -0.849. The number of sulfone groups is 1. The number of nitrogens with one attached hydrogen (secondary N) is 1. The molecule has 3 rings (SSSR count). The lowest BCUT2D eigenvalue weighted by Gasteiger charge is -2.20. The number of rotatable bonds is 5. The van der Waals surface area contributed by atoms with Gasteiger partial charge in [0, 0.05) is 29.8 Å². The molecule has 1 saturated heterocycles. The quantitative estimate of drug-likeness (QED) is 0.708. The average Bonchev–Trinajstić information content (AvgIpc) is 3.10. The van der Waals surface area contributed by atoms with Crippen molar-refractivity contribution >= 4 is 37.7 Å². The molecule has 1 aliphatic heterocycles. The van der Waals surface area contributed by atoms with Crippen molar-refractivity contribution < 1.29 is 18.0 Å². The van der Waals surface area contributed by atoms with Gasteiger partial charge in [0.05, 0.1) is 16.8 Å². The van der Waals surface area contributed by atoms with Crippen molar-refractivity contribution in [1.82, 2.24) is 20.0 Å². The first-order chi connectivity index (χ1) is 12.1. The standard InChI is InChI=1S/C16H17BrN4O4S/c1-16(11-9-18-20(2)10-11)14(22)21(15(23)19-16)7-8-26(24,25)13-5-3-12(17)4-6-13/h3-6,9-10H,7-8H2,1-2H3,(H,19,23)/t16-/m0/s1. The molecule has 2 heterocycles. The van der Waals surface area contributed by atoms with Crippen LogP contribution in [0.4, 0.5) is 4.79 Å². The number of aromatic nitrogens is 2. The fourth-order valence-electron chi connectivity index (χ4n) is 2.75. The average molecular weight is 441 g/mol. The second kappa shape index (κ2) is 6.51. The van der Waals surface area contributed by atoms with Crippen LogP contribution in [0.25, 0.3) is 0 Å². The number of amides is 3. The smallest absolute Gasteiger partial charge is 0.319 e. The van der Waals surface area contributed by atoms with Crippen molar-refractivity contribution in [3.63, 3.8) is 0 Å². The van der Waals surface area contributed by atoms with Crippen LogP contribution in [0, 0.1) is 0 Å². The highest BCUT2D eigenvalue weighted by Crippen LogP contribution is 2.28. The first kappa shape index (κ1) is 18.6. The summed E-state index contributed by atoms with van der Waals surface area (Å²) in [7, 11) is -1.92. The molecule has 10 heteroatoms. The maximum Gasteiger partial charge on any atom is 0.325 e. The van der Waals surface area contributed by atoms with Gasteiger partial charge < -0.3 is 5.32 Å². The number of imide groups is 1. The van der Waals surface area contributed by atoms with E-state index in [1.165, 1.54) is 23.0 Å². The summed E-state index contributed by atoms with van der Waals surface area (Å²) in [6.07, 6.45) is 3.14. The van der Waals surface area contributed by atoms with Gasteiger partial charge in [-0.05, 0) is 31.2 Å². The minimum Gasteiger partial charge on any atom is -0.319 e. The Balaban J connectivity index is 1.77. The maximum atomic E-state index is 12.7. The molecule has 1 atom stereocenters. The topological polar surface area (TPSA) is 101 Å². The maximum absolute atomic E-state index is 12.7. The Morgan fingerprint density at radius 3 is 2.46 bits per heavy atom. The van der Waals surface area contributed by atoms with Gasteiger partial charge in [0.25, 0.3) is 5.91 Å². The third-order valence-electron chi connectivity index (χ3n) is 4.31. The highest BCUT2D eigenvalue weighted by atomic mass is 79.9. The van der Waals surface area contributed by atoms with Crippen LogP contribution in [0.3, 0.4) is 0 Å². The number of halogens is 1. The zero-order valence-electron chi connectivity index (χ0n) is 14.1. The zero-order chi connectivity index (χ0) is 19.1. The van der Waals surface area contributed by atoms with Crippen LogP contribution in [0.1, 0.15) is 12.5 Å². The second-order valence-corrected chi connectivity index (χ2v) is 9.21. The summed E-state index contributed by atoms with van der Waals surface area (Å²) in [6.45, 7) is 1.35. The Morgan fingerprint density at radius 2 is 1.88 bits per heavy atom. The molecule has 1 aromatic heterocycles. The molecular formula is C16H17BrN4O4S. The van der Waals surface area contributed by atoms with Gasteiger partial charge in [-0.2, -0.15) is 5.10 Å². The summed E-state index contributed by atoms with van der Waals surface area (Å²) < 4.78 is 27.2. The van der Waals surface area contributed by atoms with Crippen LogP contribution < -0.4 is 5.32 Å². The molecule has 0 saturated carbocycles. The normalized spacial score (nSPS) is 20.5. The zero-order valence-corrected chi connectivity index (χ0v) is 16.5. The van der Waals surface area contributed by atoms with Crippen LogP contribution in [0.2, 0.25) is 0 Å². The van der Waals surface area contributed by atoms with Crippen LogP contribution in [0.15, 0.2) is 46.0 Å². The fourth-order valence-corrected chi connectivity index (χ4v) is 4.22. The van der Waals surface area contributed by atoms with E-state index < -0.39 is 27.3 Å². The van der Waals surface area contributed by atoms with Crippen LogP contribution in [-0.2, 0) is 27.2 Å². The number of aryl methyl sites for hydroxylation is 1. The Kier molecular flexibility index (Phi) is 4.65. The Hall–Kier alpha value is -2.20. The largest absolute Gasteiger partial charge is 0.325 e. The summed E-state index contributed by atoms with van der Waals surface area (Å²) in [5.41, 5.74) is -0.719. The molecule has 26 heavy (non-hydrogen) atoms. The summed E-state index contributed by atoms with van der Waals surface area (Å²) in [4.78, 5) is 26.1. The molecule has 138 valence electrons. The van der Waals surface area contributed by atoms with Crippen LogP contribution in [0.5, 0.6) is 0 Å². The highest BCUT2D eigenvalue weighted by Gasteiger charge is 2.49. The molecule has 1 N–H and O–H groups in total. The van der Waals surface area contributed by atoms with E-state index in [-0.39, 0.29) is 17.2 Å². The van der Waals surface area contributed by atoms with Crippen molar-refractivity contribution in [3.8, 4) is 0 Å². The summed E-state index contributed by atoms with van der Waals surface area (Å²) in [6, 6.07) is 5.59. The van der Waals surface area contributed by atoms with Crippen molar-refractivity contribution in [2.24, 2.45) is 7.05 Å². The fraction of sp³-hybridized carbons (Fsp3) is 0.312. The van der Waals surface area contributed by atoms with E-state index in [1.54, 1.807) is 32.3 Å². The number of urea groups is 1. The van der Waals surface area contributed by atoms with Crippen molar-refractivity contribution in [2.45, 2.75) is 17.4 Å². The number of nitrogens with zero attached hydrogens (tertiary/aromatic N) is 3. The molecule has 0 spiro atoms. The molecule has 0 radical (unpaired) electrons. The molecule has 2 aromatic rings. The SMILES string of the molecule is Cn1cc([C@]2(C)NC(=O)N(CCS(=O)(=O)c3ccc(Br)cc3)C2=O)cn1. The van der Waals surface area contributed by atoms with E-state index in [1.807, 2.05) is 0 Å². The van der Waals surface area contributed by atoms with Gasteiger partial charge in [-0.25, -0.2) is 13.2 Å². The number of benzene rings is 1. The number of carbonyl (C=O) groups excluding carboxylic acids is 2. The molecule has 1 aliphatic rings. The Labute approximate surface area is 159 Å². The first-order valence-corrected chi connectivity index (χ1v) is 10.2. The van der Waals surface area contributed by atoms with Crippen molar-refractivity contribution in [2.75, 3.05) is 12.3 Å². The molecule has 8 nitrogen and oxygen atoms in total. The monoisotopic (exact) mass is 440 g/mol. The minimum absolute atomic E-state index is 0.141. The molecule has 0 aliphatic carbocycles. The number of hydrogen-bond acceptors (Lipinski definition) is 5. The Bertz CT molecular complexity index is 970. The molecular weight excluding hydrogens is 424 g/mol. The van der Waals surface area contributed by atoms with E-state index >= 15 is 0 Å². The van der Waals surface area contributed by atoms with Gasteiger partial charge in [0.15, 0.2) is 9.84 Å². The van der Waals surface area contributed by atoms with Crippen LogP contribution >= 0.6 is 15.9 Å². The van der Waals surface area contributed by atoms with E-state index in [0.29, 0.717) is 5.56 Å². The third-order valence-corrected chi connectivity index (χ3v) is 6.55. The van der Waals surface area contributed by atoms with E-state index in [9.17, 15) is 18.0 Å². The van der Waals surface area contributed by atoms with E-state index in [0.717, 1.165) is 9.37 Å². The summed E-state index contributed by atoms with van der Waals surface area (Å²) in [5, 5.41) is 6.64. The predicted molar refractivity (Wildman–Crippen MR) is 97.0 cm³/mol. The third kappa shape index (κ3) is 3.26. The molecule has 0 unspecified atom stereocenters. The predicted octanol–water partition coefficient (Wildman–Crippen LogP) is 1.42. The molecule has 1 fully saturated rings. The molecule has 0 bridgehead atoms. The van der Waals surface area contributed by atoms with Gasteiger partial charge in [0.1, 0.15) is 5.54 Å². The van der Waals surface area contributed by atoms with Gasteiger partial charge in [-0.1, -0.05) is 15.9 Å². The highest BCUT2D eigenvalue weighted by molar-refractivity contribution is 9.10. The van der Waals surface area contributed by atoms with Crippen LogP contribution in [-0.4, -0.2) is 47.3 Å². The summed E-state index contributed by atoms with van der Waals surface area (Å²) >= 11 is 3.25. The lowest BCUT2D eigenvalue weighted by Crippen LogP contribution is -2.41. The first-order valence-electron chi connectivity index (χ1n) is 7.75. The van der Waals surface area contributed by atoms with Gasteiger partial charge in [0.2, 0.25) is 0 Å². The Morgan fingerprint density at radius 1 is 1.23 bits per heavy atom. The van der Waals surface area contributed by atoms with E-state index in [2.05, 4.69) is 26.3 Å². The van der Waals surface area contributed by atoms with Gasteiger partial charge in [-0.3, -0.25) is 14.4 Å². The number of hydrogen-bond donors (Lipinski definition) is 1. The minimum atomic E-state index is -3.62. The molecule has 3 amide bonds. The number of carbonyl (C=O) groups is 2. The van der Waals surface area contributed by atoms with E-state index in [4.69, 9.17) is 0 Å². The van der Waals surface area contributed by atoms with Crippen molar-refractivity contribution in [3.05, 3.63) is 46.7 Å². The van der Waals surface area contributed by atoms with Gasteiger partial charge in [-0.15, -0.1) is 0 Å². The lowest BCUT2D eigenvalue weighted by atomic mass is 9.95.